The van der Waals surface area contributed by atoms with Crippen LogP contribution < -0.4 is 14.8 Å². The molecule has 1 fully saturated rings. The number of rotatable bonds is 5. The van der Waals surface area contributed by atoms with Crippen molar-refractivity contribution in [2.75, 3.05) is 14.2 Å². The molecule has 1 aromatic carbocycles. The third-order valence-electron chi connectivity index (χ3n) is 3.80. The molecule has 2 N–H and O–H groups in total. The summed E-state index contributed by atoms with van der Waals surface area (Å²) in [5.74, 6) is -0.713. The zero-order chi connectivity index (χ0) is 15.4. The highest BCUT2D eigenvalue weighted by molar-refractivity contribution is 5.97. The molecule has 1 aliphatic carbocycles. The van der Waals surface area contributed by atoms with E-state index in [1.165, 1.54) is 14.2 Å². The number of carbonyl (C=O) groups is 2. The van der Waals surface area contributed by atoms with E-state index < -0.39 is 11.9 Å². The fourth-order valence-corrected chi connectivity index (χ4v) is 2.66. The third kappa shape index (κ3) is 3.26. The standard InChI is InChI=1S/C15H19NO5/c1-20-9-6-7-11(13(8-9)21-2)14(17)16-12-5-3-4-10(12)15(18)19/h6-8,10,12H,3-5H2,1-2H3,(H,16,17)(H,18,19)/t10-,12+/m0/s1. The van der Waals surface area contributed by atoms with Gasteiger partial charge in [-0.1, -0.05) is 6.42 Å². The normalized spacial score (nSPS) is 20.9. The van der Waals surface area contributed by atoms with E-state index in [1.54, 1.807) is 18.2 Å². The Bertz CT molecular complexity index is 543. The van der Waals surface area contributed by atoms with Crippen molar-refractivity contribution in [2.24, 2.45) is 5.92 Å². The van der Waals surface area contributed by atoms with Crippen molar-refractivity contribution in [2.45, 2.75) is 25.3 Å². The summed E-state index contributed by atoms with van der Waals surface area (Å²) < 4.78 is 10.3. The zero-order valence-electron chi connectivity index (χ0n) is 12.1. The van der Waals surface area contributed by atoms with Gasteiger partial charge in [-0.25, -0.2) is 0 Å². The molecule has 21 heavy (non-hydrogen) atoms. The molecular formula is C15H19NO5. The van der Waals surface area contributed by atoms with Crippen molar-refractivity contribution in [3.05, 3.63) is 23.8 Å². The highest BCUT2D eigenvalue weighted by Gasteiger charge is 2.34. The smallest absolute Gasteiger partial charge is 0.308 e. The van der Waals surface area contributed by atoms with Gasteiger partial charge >= 0.3 is 5.97 Å². The molecule has 0 saturated heterocycles. The van der Waals surface area contributed by atoms with E-state index >= 15 is 0 Å². The summed E-state index contributed by atoms with van der Waals surface area (Å²) in [5.41, 5.74) is 0.370. The van der Waals surface area contributed by atoms with Crippen molar-refractivity contribution in [3.8, 4) is 11.5 Å². The molecule has 1 amide bonds. The van der Waals surface area contributed by atoms with Gasteiger partial charge in [0.25, 0.3) is 5.91 Å². The molecule has 0 aromatic heterocycles. The molecule has 2 rings (SSSR count). The van der Waals surface area contributed by atoms with Gasteiger partial charge in [0.1, 0.15) is 11.5 Å². The topological polar surface area (TPSA) is 84.9 Å². The molecular weight excluding hydrogens is 274 g/mol. The Balaban J connectivity index is 2.15. The van der Waals surface area contributed by atoms with E-state index in [4.69, 9.17) is 14.6 Å². The first-order valence-corrected chi connectivity index (χ1v) is 6.82. The van der Waals surface area contributed by atoms with Crippen molar-refractivity contribution in [3.63, 3.8) is 0 Å². The summed E-state index contributed by atoms with van der Waals surface area (Å²) in [4.78, 5) is 23.5. The van der Waals surface area contributed by atoms with E-state index in [1.807, 2.05) is 0 Å². The van der Waals surface area contributed by atoms with Crippen LogP contribution in [0.3, 0.4) is 0 Å². The minimum atomic E-state index is -0.862. The third-order valence-corrected chi connectivity index (χ3v) is 3.80. The van der Waals surface area contributed by atoms with Gasteiger partial charge in [-0.15, -0.1) is 0 Å². The van der Waals surface area contributed by atoms with E-state index in [0.29, 0.717) is 29.9 Å². The van der Waals surface area contributed by atoms with Crippen LogP contribution in [0.15, 0.2) is 18.2 Å². The number of nitrogens with one attached hydrogen (secondary N) is 1. The Morgan fingerprint density at radius 1 is 1.24 bits per heavy atom. The Hall–Kier alpha value is -2.24. The van der Waals surface area contributed by atoms with Crippen LogP contribution in [-0.2, 0) is 4.79 Å². The predicted molar refractivity (Wildman–Crippen MR) is 75.8 cm³/mol. The molecule has 6 heteroatoms. The van der Waals surface area contributed by atoms with Crippen molar-refractivity contribution in [1.82, 2.24) is 5.32 Å². The minimum Gasteiger partial charge on any atom is -0.497 e. The zero-order valence-corrected chi connectivity index (χ0v) is 12.1. The largest absolute Gasteiger partial charge is 0.497 e. The molecule has 1 aromatic rings. The van der Waals surface area contributed by atoms with Crippen molar-refractivity contribution < 1.29 is 24.2 Å². The molecule has 0 heterocycles. The lowest BCUT2D eigenvalue weighted by atomic mass is 10.0. The number of ether oxygens (including phenoxy) is 2. The average molecular weight is 293 g/mol. The maximum Gasteiger partial charge on any atom is 0.308 e. The first kappa shape index (κ1) is 15.2. The summed E-state index contributed by atoms with van der Waals surface area (Å²) in [6, 6.07) is 4.57. The van der Waals surface area contributed by atoms with Crippen LogP contribution in [0.5, 0.6) is 11.5 Å². The molecule has 2 atom stereocenters. The van der Waals surface area contributed by atoms with Gasteiger partial charge in [-0.05, 0) is 25.0 Å². The van der Waals surface area contributed by atoms with Crippen molar-refractivity contribution in [1.29, 1.82) is 0 Å². The van der Waals surface area contributed by atoms with E-state index in [-0.39, 0.29) is 11.9 Å². The second-order valence-corrected chi connectivity index (χ2v) is 5.02. The number of methoxy groups -OCH3 is 2. The predicted octanol–water partition coefficient (Wildman–Crippen LogP) is 1.69. The van der Waals surface area contributed by atoms with Crippen LogP contribution in [0.4, 0.5) is 0 Å². The number of amides is 1. The number of carboxylic acid groups (broad SMARTS) is 1. The van der Waals surface area contributed by atoms with Crippen LogP contribution in [0.2, 0.25) is 0 Å². The lowest BCUT2D eigenvalue weighted by Crippen LogP contribution is -2.40. The minimum absolute atomic E-state index is 0.326. The lowest BCUT2D eigenvalue weighted by Gasteiger charge is -2.18. The summed E-state index contributed by atoms with van der Waals surface area (Å²) in [6.07, 6.45) is 2.09. The number of carboxylic acids is 1. The van der Waals surface area contributed by atoms with Gasteiger partial charge in [-0.2, -0.15) is 0 Å². The van der Waals surface area contributed by atoms with Gasteiger partial charge in [0.05, 0.1) is 25.7 Å². The fourth-order valence-electron chi connectivity index (χ4n) is 2.66. The van der Waals surface area contributed by atoms with Crippen molar-refractivity contribution >= 4 is 11.9 Å². The van der Waals surface area contributed by atoms with E-state index in [9.17, 15) is 9.59 Å². The highest BCUT2D eigenvalue weighted by atomic mass is 16.5. The summed E-state index contributed by atoms with van der Waals surface area (Å²) in [6.45, 7) is 0. The number of hydrogen-bond acceptors (Lipinski definition) is 4. The molecule has 0 aliphatic heterocycles. The Morgan fingerprint density at radius 2 is 2.00 bits per heavy atom. The Morgan fingerprint density at radius 3 is 2.62 bits per heavy atom. The first-order valence-electron chi connectivity index (χ1n) is 6.82. The second kappa shape index (κ2) is 6.47. The number of aliphatic carboxylic acids is 1. The van der Waals surface area contributed by atoms with Gasteiger partial charge in [0.2, 0.25) is 0 Å². The second-order valence-electron chi connectivity index (χ2n) is 5.02. The lowest BCUT2D eigenvalue weighted by molar-refractivity contribution is -0.142. The fraction of sp³-hybridized carbons (Fsp3) is 0.467. The molecule has 0 radical (unpaired) electrons. The SMILES string of the molecule is COc1ccc(C(=O)N[C@@H]2CCC[C@@H]2C(=O)O)c(OC)c1. The highest BCUT2D eigenvalue weighted by Crippen LogP contribution is 2.28. The molecule has 6 nitrogen and oxygen atoms in total. The molecule has 1 saturated carbocycles. The van der Waals surface area contributed by atoms with Crippen LogP contribution in [-0.4, -0.2) is 37.2 Å². The van der Waals surface area contributed by atoms with Crippen LogP contribution in [0.25, 0.3) is 0 Å². The monoisotopic (exact) mass is 293 g/mol. The summed E-state index contributed by atoms with van der Waals surface area (Å²) in [5, 5.41) is 11.9. The molecule has 0 bridgehead atoms. The number of carbonyl (C=O) groups excluding carboxylic acids is 1. The number of benzene rings is 1. The van der Waals surface area contributed by atoms with E-state index in [0.717, 1.165) is 6.42 Å². The maximum atomic E-state index is 12.3. The first-order chi connectivity index (χ1) is 10.1. The van der Waals surface area contributed by atoms with Gasteiger partial charge in [-0.3, -0.25) is 9.59 Å². The van der Waals surface area contributed by atoms with Crippen LogP contribution >= 0.6 is 0 Å². The Kier molecular flexibility index (Phi) is 4.67. The van der Waals surface area contributed by atoms with E-state index in [2.05, 4.69) is 5.32 Å². The summed E-state index contributed by atoms with van der Waals surface area (Å²) in [7, 11) is 3.01. The molecule has 0 spiro atoms. The van der Waals surface area contributed by atoms with Crippen LogP contribution in [0.1, 0.15) is 29.6 Å². The van der Waals surface area contributed by atoms with Crippen LogP contribution in [0, 0.1) is 5.92 Å². The Labute approximate surface area is 123 Å². The van der Waals surface area contributed by atoms with Gasteiger partial charge in [0, 0.05) is 12.1 Å². The quantitative estimate of drug-likeness (QED) is 0.863. The molecule has 114 valence electrons. The average Bonchev–Trinajstić information content (AvgIpc) is 2.94. The molecule has 0 unspecified atom stereocenters. The molecule has 1 aliphatic rings. The summed E-state index contributed by atoms with van der Waals surface area (Å²) >= 11 is 0. The number of hydrogen-bond donors (Lipinski definition) is 2. The van der Waals surface area contributed by atoms with Gasteiger partial charge in [0.15, 0.2) is 0 Å². The van der Waals surface area contributed by atoms with Gasteiger partial charge < -0.3 is 19.9 Å². The maximum absolute atomic E-state index is 12.3.